The number of carboxylic acid groups (broad SMARTS) is 1. The molecule has 0 saturated carbocycles. The molecule has 2 aliphatic rings. The first kappa shape index (κ1) is 67.3. The van der Waals surface area contributed by atoms with Crippen molar-refractivity contribution < 1.29 is 62.4 Å². The minimum Gasteiger partial charge on any atom is -0.478 e. The molecule has 0 atom stereocenters. The van der Waals surface area contributed by atoms with Crippen molar-refractivity contribution in [2.75, 3.05) is 36.8 Å². The lowest BCUT2D eigenvalue weighted by Gasteiger charge is -2.30. The second-order valence-electron chi connectivity index (χ2n) is 25.7. The molecule has 0 spiro atoms. The fourth-order valence-corrected chi connectivity index (χ4v) is 14.0. The summed E-state index contributed by atoms with van der Waals surface area (Å²) in [5, 5.41) is 18.2. The molecule has 4 aromatic heterocycles. The van der Waals surface area contributed by atoms with Gasteiger partial charge in [0.2, 0.25) is 11.8 Å². The maximum Gasteiger partial charge on any atom is 0.410 e. The summed E-state index contributed by atoms with van der Waals surface area (Å²) < 4.78 is 24.0. The molecular formula is C62H80N8O13S4. The van der Waals surface area contributed by atoms with Gasteiger partial charge in [0, 0.05) is 77.5 Å². The summed E-state index contributed by atoms with van der Waals surface area (Å²) in [5.41, 5.74) is 3.02. The highest BCUT2D eigenvalue weighted by molar-refractivity contribution is 7.23. The Kier molecular flexibility index (Phi) is 20.9. The number of nitrogens with zero attached hydrogens (tertiary/aromatic N) is 6. The van der Waals surface area contributed by atoms with Crippen LogP contribution in [0.2, 0.25) is 0 Å². The lowest BCUT2D eigenvalue weighted by molar-refractivity contribution is -0.117. The molecule has 0 unspecified atom stereocenters. The number of hydrogen-bond acceptors (Lipinski definition) is 18. The van der Waals surface area contributed by atoms with E-state index in [1.54, 1.807) is 59.7 Å². The van der Waals surface area contributed by atoms with Crippen LogP contribution in [-0.2, 0) is 54.5 Å². The lowest BCUT2D eigenvalue weighted by Crippen LogP contribution is -2.42. The van der Waals surface area contributed by atoms with Gasteiger partial charge in [0.1, 0.15) is 48.7 Å². The Morgan fingerprint density at radius 2 is 0.977 bits per heavy atom. The van der Waals surface area contributed by atoms with Crippen molar-refractivity contribution in [2.24, 2.45) is 0 Å². The number of aromatic carboxylic acids is 1. The van der Waals surface area contributed by atoms with Crippen LogP contribution in [0.1, 0.15) is 165 Å². The predicted molar refractivity (Wildman–Crippen MR) is 342 cm³/mol. The van der Waals surface area contributed by atoms with Crippen LogP contribution in [0.25, 0.3) is 41.6 Å². The Hall–Kier alpha value is -7.22. The van der Waals surface area contributed by atoms with E-state index in [2.05, 4.69) is 10.6 Å². The number of carbonyl (C=O) groups is 8. The fraction of sp³-hybridized carbons (Fsp3) is 0.516. The van der Waals surface area contributed by atoms with Crippen LogP contribution in [0.15, 0.2) is 36.4 Å². The van der Waals surface area contributed by atoms with Crippen molar-refractivity contribution >= 4 is 124 Å². The van der Waals surface area contributed by atoms with Crippen LogP contribution < -0.4 is 10.6 Å². The van der Waals surface area contributed by atoms with Crippen LogP contribution in [-0.4, -0.2) is 144 Å². The molecule has 25 heteroatoms. The summed E-state index contributed by atoms with van der Waals surface area (Å²) in [4.78, 5) is 119. The third kappa shape index (κ3) is 18.0. The Morgan fingerprint density at radius 3 is 1.34 bits per heavy atom. The predicted octanol–water partition coefficient (Wildman–Crippen LogP) is 14.1. The molecule has 0 saturated heterocycles. The number of thiophene rings is 2. The first-order valence-electron chi connectivity index (χ1n) is 28.8. The van der Waals surface area contributed by atoms with E-state index in [-0.39, 0.29) is 61.5 Å². The zero-order valence-electron chi connectivity index (χ0n) is 52.4. The van der Waals surface area contributed by atoms with Gasteiger partial charge < -0.3 is 54.3 Å². The molecule has 0 fully saturated rings. The highest BCUT2D eigenvalue weighted by atomic mass is 32.1. The van der Waals surface area contributed by atoms with Gasteiger partial charge in [0.15, 0.2) is 0 Å². The largest absolute Gasteiger partial charge is 0.478 e. The van der Waals surface area contributed by atoms with Gasteiger partial charge in [-0.15, -0.1) is 45.3 Å². The Morgan fingerprint density at radius 1 is 0.586 bits per heavy atom. The second kappa shape index (κ2) is 27.0. The SMILES string of the molecule is CC(C)N(CCC(=O)Nc1sc2c(c1-c1nc3cc(C(=O)O)ccc3s1)CCN(C(=O)OC(C)(C)C)C2)C(=O)OC(C)(C)C.CC(C)N(CCC(=O)Nc1sc2c(c1-c1nc3cc(C=O)ccc3s1)CCN(C(=O)OC(C)(C)C)C2)C(=O)OC(C)(C)C. The highest BCUT2D eigenvalue weighted by Gasteiger charge is 2.35. The number of aldehydes is 1. The quantitative estimate of drug-likeness (QED) is 0.0677. The highest BCUT2D eigenvalue weighted by Crippen LogP contribution is 2.48. The van der Waals surface area contributed by atoms with E-state index in [0.29, 0.717) is 70.6 Å². The van der Waals surface area contributed by atoms with Crippen LogP contribution in [0.4, 0.5) is 29.2 Å². The monoisotopic (exact) mass is 1270 g/mol. The summed E-state index contributed by atoms with van der Waals surface area (Å²) in [6.07, 6.45) is 0.296. The molecule has 87 heavy (non-hydrogen) atoms. The zero-order valence-corrected chi connectivity index (χ0v) is 55.7. The van der Waals surface area contributed by atoms with Gasteiger partial charge in [-0.05, 0) is 165 Å². The first-order valence-corrected chi connectivity index (χ1v) is 32.1. The summed E-state index contributed by atoms with van der Waals surface area (Å²) in [6.45, 7) is 31.2. The van der Waals surface area contributed by atoms with Crippen LogP contribution in [0.5, 0.6) is 0 Å². The third-order valence-electron chi connectivity index (χ3n) is 13.2. The number of fused-ring (bicyclic) bond motifs is 4. The maximum atomic E-state index is 13.3. The van der Waals surface area contributed by atoms with E-state index in [1.807, 2.05) is 96.1 Å². The van der Waals surface area contributed by atoms with Crippen molar-refractivity contribution in [1.82, 2.24) is 29.6 Å². The van der Waals surface area contributed by atoms with Crippen molar-refractivity contribution in [2.45, 2.75) is 184 Å². The Balaban J connectivity index is 0.000000249. The van der Waals surface area contributed by atoms with E-state index in [9.17, 15) is 43.5 Å². The first-order chi connectivity index (χ1) is 40.5. The number of rotatable bonds is 14. The molecular weight excluding hydrogens is 1190 g/mol. The van der Waals surface area contributed by atoms with Crippen LogP contribution in [0.3, 0.4) is 0 Å². The van der Waals surface area contributed by atoms with Gasteiger partial charge in [-0.1, -0.05) is 6.07 Å². The average Bonchev–Trinajstić information content (AvgIpc) is 1.70. The van der Waals surface area contributed by atoms with Crippen molar-refractivity contribution in [3.63, 3.8) is 0 Å². The zero-order chi connectivity index (χ0) is 64.2. The topological polar surface area (TPSA) is 257 Å². The van der Waals surface area contributed by atoms with Gasteiger partial charge in [-0.2, -0.15) is 0 Å². The minimum atomic E-state index is -1.04. The standard InChI is InChI=1S/C31H40N4O7S2.C31H40N4O6S2/c1-17(2)35(29(40)42-31(6,7)8)14-12-23(36)33-26-24(25-32-20-15-18(27(37)38)9-10-21(20)43-25)19-11-13-34(16-22(19)44-26)28(39)41-30(3,4)5;1-18(2)35(29(39)41-31(6,7)8)14-12-24(37)33-27-25(26-32-21-15-19(17-36)9-10-22(21)42-26)20-11-13-34(16-23(20)43-27)28(38)40-30(3,4)5/h9-10,15,17H,11-14,16H2,1-8H3,(H,33,36)(H,37,38);9-10,15,17-18H,11-14,16H2,1-8H3,(H,33,37). The van der Waals surface area contributed by atoms with Gasteiger partial charge in [-0.25, -0.2) is 33.9 Å². The van der Waals surface area contributed by atoms with E-state index in [1.165, 1.54) is 56.3 Å². The van der Waals surface area contributed by atoms with E-state index >= 15 is 0 Å². The molecule has 470 valence electrons. The number of nitrogens with one attached hydrogen (secondary N) is 2. The molecule has 2 aromatic carbocycles. The number of carbonyl (C=O) groups excluding carboxylic acids is 7. The molecule has 21 nitrogen and oxygen atoms in total. The average molecular weight is 1270 g/mol. The van der Waals surface area contributed by atoms with E-state index < -0.39 is 46.7 Å². The second-order valence-corrected chi connectivity index (χ2v) is 30.0. The Labute approximate surface area is 523 Å². The van der Waals surface area contributed by atoms with Gasteiger partial charge >= 0.3 is 30.3 Å². The lowest BCUT2D eigenvalue weighted by atomic mass is 10.0. The van der Waals surface area contributed by atoms with Crippen LogP contribution >= 0.6 is 45.3 Å². The van der Waals surface area contributed by atoms with Crippen LogP contribution in [0, 0.1) is 0 Å². The van der Waals surface area contributed by atoms with Gasteiger partial charge in [0.25, 0.3) is 0 Å². The van der Waals surface area contributed by atoms with E-state index in [4.69, 9.17) is 28.9 Å². The molecule has 3 N–H and O–H groups in total. The number of carboxylic acids is 1. The smallest absolute Gasteiger partial charge is 0.410 e. The van der Waals surface area contributed by atoms with Crippen molar-refractivity contribution in [3.8, 4) is 21.1 Å². The summed E-state index contributed by atoms with van der Waals surface area (Å²) in [6, 6.07) is 9.88. The molecule has 6 heterocycles. The molecule has 8 rings (SSSR count). The molecule has 2 aliphatic heterocycles. The summed E-state index contributed by atoms with van der Waals surface area (Å²) in [7, 11) is 0. The Bertz CT molecular complexity index is 3570. The van der Waals surface area contributed by atoms with E-state index in [0.717, 1.165) is 52.7 Å². The summed E-state index contributed by atoms with van der Waals surface area (Å²) in [5.74, 6) is -1.56. The van der Waals surface area contributed by atoms with Gasteiger partial charge in [0.05, 0.1) is 39.1 Å². The maximum absolute atomic E-state index is 13.3. The number of amides is 6. The van der Waals surface area contributed by atoms with Crippen molar-refractivity contribution in [3.05, 3.63) is 68.4 Å². The number of benzene rings is 2. The fourth-order valence-electron chi connectivity index (χ4n) is 9.28. The minimum absolute atomic E-state index is 0.0469. The number of thiazole rings is 2. The number of aromatic nitrogens is 2. The number of hydrogen-bond donors (Lipinski definition) is 3. The van der Waals surface area contributed by atoms with Gasteiger partial charge in [-0.3, -0.25) is 14.4 Å². The molecule has 0 aliphatic carbocycles. The molecule has 0 bridgehead atoms. The molecule has 0 radical (unpaired) electrons. The third-order valence-corrected chi connectivity index (χ3v) is 17.6. The number of ether oxygens (including phenoxy) is 4. The normalized spacial score (nSPS) is 13.5. The molecule has 6 aromatic rings. The molecule has 6 amide bonds. The number of anilines is 2. The van der Waals surface area contributed by atoms with Crippen molar-refractivity contribution in [1.29, 1.82) is 0 Å². The summed E-state index contributed by atoms with van der Waals surface area (Å²) >= 11 is 5.70.